The highest BCUT2D eigenvalue weighted by Crippen LogP contribution is 2.09. The molecule has 1 aromatic rings. The van der Waals surface area contributed by atoms with Gasteiger partial charge in [-0.2, -0.15) is 4.80 Å². The average Bonchev–Trinajstić information content (AvgIpc) is 2.36. The van der Waals surface area contributed by atoms with E-state index in [0.29, 0.717) is 12.2 Å². The van der Waals surface area contributed by atoms with Gasteiger partial charge in [-0.1, -0.05) is 6.08 Å². The Hall–Kier alpha value is -1.23. The maximum atomic E-state index is 9.28. The van der Waals surface area contributed by atoms with Crippen molar-refractivity contribution in [2.24, 2.45) is 7.05 Å². The summed E-state index contributed by atoms with van der Waals surface area (Å²) in [4.78, 5) is 1.31. The minimum atomic E-state index is -0.679. The Kier molecular flexibility index (Phi) is 2.32. The molecule has 1 heterocycles. The largest absolute Gasteiger partial charge is 0.385 e. The molecule has 1 rings (SSSR count). The average molecular weight is 154 g/mol. The molecule has 0 amide bonds. The third-order valence-corrected chi connectivity index (χ3v) is 1.21. The van der Waals surface area contributed by atoms with Crippen LogP contribution in [0.25, 0.3) is 0 Å². The molecule has 0 aliphatic heterocycles. The maximum absolute atomic E-state index is 9.28. The van der Waals surface area contributed by atoms with Gasteiger partial charge in [-0.25, -0.2) is 0 Å². The molecule has 0 aromatic carbocycles. The topological polar surface area (TPSA) is 63.8 Å². The Bertz CT molecular complexity index is 244. The van der Waals surface area contributed by atoms with E-state index in [9.17, 15) is 5.11 Å². The molecule has 0 spiro atoms. The quantitative estimate of drug-likeness (QED) is 0.613. The Morgan fingerprint density at radius 3 is 3.00 bits per heavy atom. The second-order valence-electron chi connectivity index (χ2n) is 2.18. The van der Waals surface area contributed by atoms with Crippen molar-refractivity contribution in [3.63, 3.8) is 0 Å². The summed E-state index contributed by atoms with van der Waals surface area (Å²) in [5, 5.41) is 20.3. The minimum Gasteiger partial charge on any atom is -0.385 e. The van der Waals surface area contributed by atoms with E-state index in [-0.39, 0.29) is 0 Å². The fourth-order valence-corrected chi connectivity index (χ4v) is 0.695. The molecule has 1 atom stereocenters. The molecular formula is C6H10N4O. The van der Waals surface area contributed by atoms with E-state index in [4.69, 9.17) is 0 Å². The molecule has 0 bridgehead atoms. The first-order valence-electron chi connectivity index (χ1n) is 3.27. The van der Waals surface area contributed by atoms with Crippen molar-refractivity contribution in [1.29, 1.82) is 0 Å². The van der Waals surface area contributed by atoms with Gasteiger partial charge in [0.1, 0.15) is 6.10 Å². The summed E-state index contributed by atoms with van der Waals surface area (Å²) in [5.41, 5.74) is 0. The smallest absolute Gasteiger partial charge is 0.203 e. The maximum Gasteiger partial charge on any atom is 0.203 e. The van der Waals surface area contributed by atoms with Gasteiger partial charge >= 0.3 is 0 Å². The second-order valence-corrected chi connectivity index (χ2v) is 2.18. The minimum absolute atomic E-state index is 0.340. The summed E-state index contributed by atoms with van der Waals surface area (Å²) in [7, 11) is 1.65. The fraction of sp³-hybridized carbons (Fsp3) is 0.500. The highest BCUT2D eigenvalue weighted by atomic mass is 16.3. The van der Waals surface area contributed by atoms with Crippen LogP contribution < -0.4 is 0 Å². The van der Waals surface area contributed by atoms with Crippen molar-refractivity contribution in [2.75, 3.05) is 0 Å². The van der Waals surface area contributed by atoms with Gasteiger partial charge in [0.15, 0.2) is 0 Å². The van der Waals surface area contributed by atoms with Crippen LogP contribution in [0, 0.1) is 0 Å². The van der Waals surface area contributed by atoms with Gasteiger partial charge in [-0.3, -0.25) is 0 Å². The lowest BCUT2D eigenvalue weighted by molar-refractivity contribution is 0.171. The van der Waals surface area contributed by atoms with Gasteiger partial charge in [0.05, 0.1) is 7.05 Å². The highest BCUT2D eigenvalue weighted by Gasteiger charge is 2.10. The zero-order valence-corrected chi connectivity index (χ0v) is 6.30. The van der Waals surface area contributed by atoms with Crippen molar-refractivity contribution in [3.05, 3.63) is 18.5 Å². The Morgan fingerprint density at radius 2 is 2.55 bits per heavy atom. The third kappa shape index (κ3) is 1.84. The Balaban J connectivity index is 2.67. The molecule has 1 unspecified atom stereocenters. The van der Waals surface area contributed by atoms with E-state index in [0.717, 1.165) is 0 Å². The van der Waals surface area contributed by atoms with Crippen LogP contribution in [0.2, 0.25) is 0 Å². The van der Waals surface area contributed by atoms with Crippen LogP contribution in [-0.4, -0.2) is 25.3 Å². The molecule has 1 aromatic heterocycles. The standard InChI is InChI=1S/C6H10N4O/c1-3-4-5(11)6-7-9-10(2)8-6/h3,5,11H,1,4H2,2H3. The van der Waals surface area contributed by atoms with E-state index >= 15 is 0 Å². The van der Waals surface area contributed by atoms with Gasteiger partial charge in [0, 0.05) is 0 Å². The number of rotatable bonds is 3. The molecule has 5 nitrogen and oxygen atoms in total. The van der Waals surface area contributed by atoms with Crippen molar-refractivity contribution >= 4 is 0 Å². The van der Waals surface area contributed by atoms with Crippen LogP contribution in [0.1, 0.15) is 18.3 Å². The normalized spacial score (nSPS) is 12.9. The summed E-state index contributed by atoms with van der Waals surface area (Å²) >= 11 is 0. The van der Waals surface area contributed by atoms with Crippen LogP contribution >= 0.6 is 0 Å². The second kappa shape index (κ2) is 3.25. The SMILES string of the molecule is C=CCC(O)c1nnn(C)n1. The highest BCUT2D eigenvalue weighted by molar-refractivity contribution is 4.87. The van der Waals surface area contributed by atoms with Crippen molar-refractivity contribution in [1.82, 2.24) is 20.2 Å². The molecule has 0 aliphatic carbocycles. The van der Waals surface area contributed by atoms with Crippen molar-refractivity contribution in [3.8, 4) is 0 Å². The summed E-state index contributed by atoms with van der Waals surface area (Å²) < 4.78 is 0. The fourth-order valence-electron chi connectivity index (χ4n) is 0.695. The monoisotopic (exact) mass is 154 g/mol. The molecule has 0 fully saturated rings. The number of tetrazole rings is 1. The van der Waals surface area contributed by atoms with E-state index in [1.165, 1.54) is 4.80 Å². The Morgan fingerprint density at radius 1 is 1.82 bits per heavy atom. The first-order valence-corrected chi connectivity index (χ1v) is 3.27. The van der Waals surface area contributed by atoms with E-state index in [2.05, 4.69) is 22.0 Å². The molecule has 1 N–H and O–H groups in total. The van der Waals surface area contributed by atoms with Crippen molar-refractivity contribution < 1.29 is 5.11 Å². The third-order valence-electron chi connectivity index (χ3n) is 1.21. The van der Waals surface area contributed by atoms with Crippen LogP contribution in [0.4, 0.5) is 0 Å². The van der Waals surface area contributed by atoms with Crippen LogP contribution in [0.5, 0.6) is 0 Å². The van der Waals surface area contributed by atoms with E-state index in [1.807, 2.05) is 0 Å². The van der Waals surface area contributed by atoms with E-state index < -0.39 is 6.10 Å². The first kappa shape index (κ1) is 7.87. The molecule has 11 heavy (non-hydrogen) atoms. The lowest BCUT2D eigenvalue weighted by Gasteiger charge is -1.98. The van der Waals surface area contributed by atoms with Crippen LogP contribution in [0.3, 0.4) is 0 Å². The zero-order chi connectivity index (χ0) is 8.27. The number of aliphatic hydroxyl groups is 1. The van der Waals surface area contributed by atoms with Crippen molar-refractivity contribution in [2.45, 2.75) is 12.5 Å². The number of aliphatic hydroxyl groups excluding tert-OH is 1. The summed E-state index contributed by atoms with van der Waals surface area (Å²) in [6.45, 7) is 3.49. The molecule has 0 saturated carbocycles. The van der Waals surface area contributed by atoms with Gasteiger partial charge in [-0.15, -0.1) is 16.8 Å². The summed E-state index contributed by atoms with van der Waals surface area (Å²) in [6.07, 6.45) is 1.38. The Labute approximate surface area is 64.3 Å². The molecule has 5 heteroatoms. The summed E-state index contributed by atoms with van der Waals surface area (Å²) in [6, 6.07) is 0. The number of hydrogen-bond donors (Lipinski definition) is 1. The molecule has 60 valence electrons. The lowest BCUT2D eigenvalue weighted by atomic mass is 10.2. The van der Waals surface area contributed by atoms with Gasteiger partial charge in [0.25, 0.3) is 0 Å². The van der Waals surface area contributed by atoms with E-state index in [1.54, 1.807) is 13.1 Å². The molecule has 0 radical (unpaired) electrons. The predicted molar refractivity (Wildman–Crippen MR) is 38.6 cm³/mol. The molecular weight excluding hydrogens is 144 g/mol. The molecule has 0 aliphatic rings. The number of hydrogen-bond acceptors (Lipinski definition) is 4. The number of aryl methyl sites for hydroxylation is 1. The number of nitrogens with zero attached hydrogens (tertiary/aromatic N) is 4. The van der Waals surface area contributed by atoms with Crippen LogP contribution in [-0.2, 0) is 7.05 Å². The van der Waals surface area contributed by atoms with Gasteiger partial charge < -0.3 is 5.11 Å². The molecule has 0 saturated heterocycles. The number of aromatic nitrogens is 4. The van der Waals surface area contributed by atoms with Gasteiger partial charge in [0.2, 0.25) is 5.82 Å². The van der Waals surface area contributed by atoms with Gasteiger partial charge in [-0.05, 0) is 11.6 Å². The van der Waals surface area contributed by atoms with Crippen LogP contribution in [0.15, 0.2) is 12.7 Å². The first-order chi connectivity index (χ1) is 5.24. The predicted octanol–water partition coefficient (Wildman–Crippen LogP) is -0.180. The zero-order valence-electron chi connectivity index (χ0n) is 6.30. The summed E-state index contributed by atoms with van der Waals surface area (Å²) in [5.74, 6) is 0.340. The lowest BCUT2D eigenvalue weighted by Crippen LogP contribution is -1.99.